The summed E-state index contributed by atoms with van der Waals surface area (Å²) in [6.45, 7) is 8.88. The third kappa shape index (κ3) is 2.75. The van der Waals surface area contributed by atoms with E-state index in [0.717, 1.165) is 18.1 Å². The Morgan fingerprint density at radius 2 is 2.11 bits per heavy atom. The van der Waals surface area contributed by atoms with Gasteiger partial charge in [0.2, 0.25) is 5.91 Å². The fourth-order valence-corrected chi connectivity index (χ4v) is 1.73. The van der Waals surface area contributed by atoms with Crippen molar-refractivity contribution in [2.24, 2.45) is 5.41 Å². The van der Waals surface area contributed by atoms with Gasteiger partial charge in [0.25, 0.3) is 0 Å². The second-order valence-electron chi connectivity index (χ2n) is 4.98. The van der Waals surface area contributed by atoms with Gasteiger partial charge in [0.05, 0.1) is 16.8 Å². The number of rotatable bonds is 5. The van der Waals surface area contributed by atoms with E-state index in [1.54, 1.807) is 7.05 Å². The molecule has 1 amide bonds. The Balaban J connectivity index is 2.83. The summed E-state index contributed by atoms with van der Waals surface area (Å²) < 4.78 is 1.81. The summed E-state index contributed by atoms with van der Waals surface area (Å²) in [5.74, 6) is 0.778. The van der Waals surface area contributed by atoms with Gasteiger partial charge in [0.1, 0.15) is 5.82 Å². The van der Waals surface area contributed by atoms with E-state index in [0.29, 0.717) is 12.2 Å². The van der Waals surface area contributed by atoms with Crippen LogP contribution in [0.25, 0.3) is 0 Å². The average molecular weight is 253 g/mol. The molecule has 0 aliphatic rings. The molecule has 0 radical (unpaired) electrons. The van der Waals surface area contributed by atoms with Gasteiger partial charge < -0.3 is 16.4 Å². The highest BCUT2D eigenvalue weighted by atomic mass is 16.2. The fourth-order valence-electron chi connectivity index (χ4n) is 1.73. The summed E-state index contributed by atoms with van der Waals surface area (Å²) >= 11 is 0. The second kappa shape index (κ2) is 5.29. The molecule has 0 bridgehead atoms. The van der Waals surface area contributed by atoms with E-state index in [-0.39, 0.29) is 5.91 Å². The first-order valence-electron chi connectivity index (χ1n) is 6.12. The van der Waals surface area contributed by atoms with Crippen LogP contribution in [0.2, 0.25) is 0 Å². The van der Waals surface area contributed by atoms with Gasteiger partial charge in [-0.2, -0.15) is 5.10 Å². The molecule has 1 rings (SSSR count). The Labute approximate surface area is 108 Å². The van der Waals surface area contributed by atoms with Crippen molar-refractivity contribution in [3.05, 3.63) is 5.69 Å². The minimum atomic E-state index is -0.502. The largest absolute Gasteiger partial charge is 0.394 e. The van der Waals surface area contributed by atoms with Crippen molar-refractivity contribution in [1.29, 1.82) is 0 Å². The van der Waals surface area contributed by atoms with Crippen molar-refractivity contribution in [1.82, 2.24) is 15.1 Å². The van der Waals surface area contributed by atoms with Crippen LogP contribution in [0.1, 0.15) is 26.5 Å². The fraction of sp³-hybridized carbons (Fsp3) is 0.667. The van der Waals surface area contributed by atoms with Crippen molar-refractivity contribution in [2.45, 2.75) is 34.2 Å². The van der Waals surface area contributed by atoms with E-state index in [1.165, 1.54) is 0 Å². The van der Waals surface area contributed by atoms with Gasteiger partial charge in [-0.05, 0) is 27.7 Å². The van der Waals surface area contributed by atoms with Crippen molar-refractivity contribution in [3.63, 3.8) is 0 Å². The van der Waals surface area contributed by atoms with Gasteiger partial charge in [0.15, 0.2) is 0 Å². The number of nitrogens with zero attached hydrogens (tertiary/aromatic N) is 2. The molecule has 1 aromatic rings. The number of hydrogen-bond acceptors (Lipinski definition) is 4. The Morgan fingerprint density at radius 1 is 1.50 bits per heavy atom. The zero-order chi connectivity index (χ0) is 13.9. The number of anilines is 2. The highest BCUT2D eigenvalue weighted by Crippen LogP contribution is 2.24. The van der Waals surface area contributed by atoms with E-state index in [2.05, 4.69) is 15.7 Å². The molecule has 6 nitrogen and oxygen atoms in total. The smallest absolute Gasteiger partial charge is 0.227 e. The molecule has 102 valence electrons. The van der Waals surface area contributed by atoms with Crippen molar-refractivity contribution in [3.8, 4) is 0 Å². The van der Waals surface area contributed by atoms with Gasteiger partial charge in [-0.25, -0.2) is 4.68 Å². The topological polar surface area (TPSA) is 85.0 Å². The first-order valence-corrected chi connectivity index (χ1v) is 6.12. The maximum absolute atomic E-state index is 11.7. The van der Waals surface area contributed by atoms with Crippen LogP contribution in [0.3, 0.4) is 0 Å². The molecule has 0 aromatic carbocycles. The molecular weight excluding hydrogens is 230 g/mol. The second-order valence-corrected chi connectivity index (χ2v) is 4.98. The van der Waals surface area contributed by atoms with Crippen LogP contribution in [-0.2, 0) is 11.3 Å². The third-order valence-electron chi connectivity index (χ3n) is 3.01. The first kappa shape index (κ1) is 14.3. The summed E-state index contributed by atoms with van der Waals surface area (Å²) in [4.78, 5) is 11.7. The molecule has 0 fully saturated rings. The number of nitrogens with one attached hydrogen (secondary N) is 2. The number of aromatic nitrogens is 2. The molecule has 18 heavy (non-hydrogen) atoms. The van der Waals surface area contributed by atoms with Crippen molar-refractivity contribution >= 4 is 17.4 Å². The Bertz CT molecular complexity index is 436. The maximum Gasteiger partial charge on any atom is 0.227 e. The molecule has 0 aliphatic heterocycles. The molecule has 6 heteroatoms. The van der Waals surface area contributed by atoms with E-state index < -0.39 is 5.41 Å². The van der Waals surface area contributed by atoms with Crippen LogP contribution in [0.15, 0.2) is 0 Å². The Morgan fingerprint density at radius 3 is 2.61 bits per heavy atom. The van der Waals surface area contributed by atoms with Gasteiger partial charge in [-0.3, -0.25) is 4.79 Å². The standard InChI is InChI=1S/C12H23N5O/c1-6-17-10(9(13)8(2)16-17)15-7-12(3,4)11(18)14-5/h15H,6-7,13H2,1-5H3,(H,14,18). The number of nitrogen functional groups attached to an aromatic ring is 1. The van der Waals surface area contributed by atoms with Gasteiger partial charge in [-0.1, -0.05) is 0 Å². The molecular formula is C12H23N5O. The van der Waals surface area contributed by atoms with Crippen molar-refractivity contribution < 1.29 is 4.79 Å². The van der Waals surface area contributed by atoms with Gasteiger partial charge in [-0.15, -0.1) is 0 Å². The highest BCUT2D eigenvalue weighted by Gasteiger charge is 2.27. The zero-order valence-electron chi connectivity index (χ0n) is 11.8. The lowest BCUT2D eigenvalue weighted by atomic mass is 9.92. The minimum absolute atomic E-state index is 0.00661. The number of nitrogens with two attached hydrogens (primary N) is 1. The molecule has 0 atom stereocenters. The van der Waals surface area contributed by atoms with E-state index in [4.69, 9.17) is 5.73 Å². The molecule has 4 N–H and O–H groups in total. The predicted molar refractivity (Wildman–Crippen MR) is 73.4 cm³/mol. The van der Waals surface area contributed by atoms with Crippen LogP contribution >= 0.6 is 0 Å². The lowest BCUT2D eigenvalue weighted by Gasteiger charge is -2.23. The average Bonchev–Trinajstić information content (AvgIpc) is 2.61. The van der Waals surface area contributed by atoms with E-state index in [9.17, 15) is 4.79 Å². The zero-order valence-corrected chi connectivity index (χ0v) is 11.8. The molecule has 1 aromatic heterocycles. The predicted octanol–water partition coefficient (Wildman–Crippen LogP) is 0.978. The van der Waals surface area contributed by atoms with Crippen LogP contribution in [0.5, 0.6) is 0 Å². The van der Waals surface area contributed by atoms with Crippen LogP contribution in [-0.4, -0.2) is 29.3 Å². The van der Waals surface area contributed by atoms with Crippen LogP contribution in [0.4, 0.5) is 11.5 Å². The molecule has 0 aliphatic carbocycles. The summed E-state index contributed by atoms with van der Waals surface area (Å²) in [6.07, 6.45) is 0. The monoisotopic (exact) mass is 253 g/mol. The van der Waals surface area contributed by atoms with Gasteiger partial charge >= 0.3 is 0 Å². The summed E-state index contributed by atoms with van der Waals surface area (Å²) in [5, 5.41) is 10.2. The highest BCUT2D eigenvalue weighted by molar-refractivity contribution is 5.82. The Kier molecular flexibility index (Phi) is 4.21. The number of carbonyl (C=O) groups is 1. The normalized spacial score (nSPS) is 11.4. The number of carbonyl (C=O) groups excluding carboxylic acids is 1. The van der Waals surface area contributed by atoms with E-state index >= 15 is 0 Å². The number of aryl methyl sites for hydroxylation is 2. The van der Waals surface area contributed by atoms with Crippen LogP contribution in [0, 0.1) is 12.3 Å². The summed E-state index contributed by atoms with van der Waals surface area (Å²) in [7, 11) is 1.64. The molecule has 0 saturated carbocycles. The quantitative estimate of drug-likeness (QED) is 0.730. The van der Waals surface area contributed by atoms with E-state index in [1.807, 2.05) is 32.4 Å². The summed E-state index contributed by atoms with van der Waals surface area (Å²) in [6, 6.07) is 0. The molecule has 1 heterocycles. The SMILES string of the molecule is CCn1nc(C)c(N)c1NCC(C)(C)C(=O)NC. The molecule has 0 saturated heterocycles. The first-order chi connectivity index (χ1) is 8.33. The minimum Gasteiger partial charge on any atom is -0.394 e. The number of hydrogen-bond donors (Lipinski definition) is 3. The van der Waals surface area contributed by atoms with Crippen LogP contribution < -0.4 is 16.4 Å². The number of amides is 1. The molecule has 0 unspecified atom stereocenters. The summed E-state index contributed by atoms with van der Waals surface area (Å²) in [5.41, 5.74) is 6.91. The third-order valence-corrected chi connectivity index (χ3v) is 3.01. The molecule has 0 spiro atoms. The lowest BCUT2D eigenvalue weighted by Crippen LogP contribution is -2.39. The lowest BCUT2D eigenvalue weighted by molar-refractivity contribution is -0.128. The van der Waals surface area contributed by atoms with Crippen molar-refractivity contribution in [2.75, 3.05) is 24.6 Å². The maximum atomic E-state index is 11.7. The van der Waals surface area contributed by atoms with Gasteiger partial charge in [0, 0.05) is 20.1 Å². The Hall–Kier alpha value is -1.72.